The lowest BCUT2D eigenvalue weighted by molar-refractivity contribution is 0.589. The van der Waals surface area contributed by atoms with Crippen LogP contribution in [0, 0.1) is 0 Å². The van der Waals surface area contributed by atoms with E-state index in [2.05, 4.69) is 51.1 Å². The summed E-state index contributed by atoms with van der Waals surface area (Å²) < 4.78 is 0. The Labute approximate surface area is 125 Å². The molecule has 0 bridgehead atoms. The molecule has 0 aromatic heterocycles. The molecule has 0 saturated carbocycles. The van der Waals surface area contributed by atoms with Gasteiger partial charge < -0.3 is 5.73 Å². The molecule has 104 valence electrons. The van der Waals surface area contributed by atoms with Crippen molar-refractivity contribution in [2.75, 3.05) is 6.54 Å². The van der Waals surface area contributed by atoms with Crippen molar-refractivity contribution < 1.29 is 0 Å². The molecule has 1 nitrogen and oxygen atoms in total. The Morgan fingerprint density at radius 1 is 1.00 bits per heavy atom. The Morgan fingerprint density at radius 3 is 2.20 bits per heavy atom. The Bertz CT molecular complexity index is 668. The van der Waals surface area contributed by atoms with Crippen LogP contribution >= 0.6 is 11.6 Å². The van der Waals surface area contributed by atoms with Crippen LogP contribution in [-0.2, 0) is 5.41 Å². The molecule has 0 amide bonds. The van der Waals surface area contributed by atoms with Crippen LogP contribution in [0.1, 0.15) is 43.4 Å². The van der Waals surface area contributed by atoms with Crippen molar-refractivity contribution in [2.45, 2.75) is 32.1 Å². The molecular weight excluding hydrogens is 266 g/mol. The average Bonchev–Trinajstić information content (AvgIpc) is 2.69. The van der Waals surface area contributed by atoms with Crippen LogP contribution in [-0.4, -0.2) is 6.54 Å². The van der Waals surface area contributed by atoms with Crippen molar-refractivity contribution in [3.63, 3.8) is 0 Å². The zero-order valence-electron chi connectivity index (χ0n) is 12.2. The predicted octanol–water partition coefficient (Wildman–Crippen LogP) is 4.71. The maximum atomic E-state index is 6.15. The lowest BCUT2D eigenvalue weighted by Gasteiger charge is -2.21. The lowest BCUT2D eigenvalue weighted by Crippen LogP contribution is -2.14. The first-order valence-corrected chi connectivity index (χ1v) is 7.44. The van der Waals surface area contributed by atoms with E-state index in [9.17, 15) is 0 Å². The Hall–Kier alpha value is -1.31. The number of hydrogen-bond acceptors (Lipinski definition) is 1. The zero-order valence-corrected chi connectivity index (χ0v) is 13.0. The molecule has 1 aliphatic rings. The summed E-state index contributed by atoms with van der Waals surface area (Å²) in [7, 11) is 0. The van der Waals surface area contributed by atoms with Crippen LogP contribution in [0.3, 0.4) is 0 Å². The SMILES string of the molecule is CC(C)(C)c1ccc2c(c1)C(CN)c1cc(Cl)ccc1-2. The van der Waals surface area contributed by atoms with Gasteiger partial charge in [-0.3, -0.25) is 0 Å². The summed E-state index contributed by atoms with van der Waals surface area (Å²) in [4.78, 5) is 0. The summed E-state index contributed by atoms with van der Waals surface area (Å²) >= 11 is 6.15. The summed E-state index contributed by atoms with van der Waals surface area (Å²) in [5, 5.41) is 0.783. The molecule has 1 aliphatic carbocycles. The normalized spacial score (nSPS) is 16.9. The van der Waals surface area contributed by atoms with Gasteiger partial charge in [-0.1, -0.05) is 56.6 Å². The van der Waals surface area contributed by atoms with Crippen molar-refractivity contribution in [2.24, 2.45) is 5.73 Å². The van der Waals surface area contributed by atoms with Gasteiger partial charge in [0.25, 0.3) is 0 Å². The Morgan fingerprint density at radius 2 is 1.60 bits per heavy atom. The molecule has 2 N–H and O–H groups in total. The van der Waals surface area contributed by atoms with E-state index in [1.165, 1.54) is 27.8 Å². The van der Waals surface area contributed by atoms with E-state index in [4.69, 9.17) is 17.3 Å². The number of nitrogens with two attached hydrogens (primary N) is 1. The van der Waals surface area contributed by atoms with E-state index in [1.807, 2.05) is 6.07 Å². The smallest absolute Gasteiger partial charge is 0.0409 e. The van der Waals surface area contributed by atoms with E-state index in [0.717, 1.165) is 5.02 Å². The van der Waals surface area contributed by atoms with Gasteiger partial charge in [0.1, 0.15) is 0 Å². The molecule has 1 atom stereocenters. The quantitative estimate of drug-likeness (QED) is 0.807. The van der Waals surface area contributed by atoms with Gasteiger partial charge in [0.05, 0.1) is 0 Å². The van der Waals surface area contributed by atoms with E-state index >= 15 is 0 Å². The van der Waals surface area contributed by atoms with Gasteiger partial charge in [-0.15, -0.1) is 0 Å². The van der Waals surface area contributed by atoms with E-state index in [-0.39, 0.29) is 11.3 Å². The second kappa shape index (κ2) is 4.61. The minimum Gasteiger partial charge on any atom is -0.330 e. The highest BCUT2D eigenvalue weighted by atomic mass is 35.5. The maximum absolute atomic E-state index is 6.15. The third kappa shape index (κ3) is 2.06. The lowest BCUT2D eigenvalue weighted by atomic mass is 9.84. The molecule has 2 aromatic carbocycles. The van der Waals surface area contributed by atoms with Crippen molar-refractivity contribution >= 4 is 11.6 Å². The minimum absolute atomic E-state index is 0.153. The van der Waals surface area contributed by atoms with Crippen LogP contribution in [0.2, 0.25) is 5.02 Å². The van der Waals surface area contributed by atoms with Crippen LogP contribution in [0.4, 0.5) is 0 Å². The van der Waals surface area contributed by atoms with E-state index in [1.54, 1.807) is 0 Å². The summed E-state index contributed by atoms with van der Waals surface area (Å²) in [5.41, 5.74) is 12.7. The fourth-order valence-electron chi connectivity index (χ4n) is 3.05. The third-order valence-electron chi connectivity index (χ3n) is 4.21. The zero-order chi connectivity index (χ0) is 14.5. The van der Waals surface area contributed by atoms with Gasteiger partial charge in [0.15, 0.2) is 0 Å². The van der Waals surface area contributed by atoms with Gasteiger partial charge in [0, 0.05) is 17.5 Å². The molecule has 2 heteroatoms. The summed E-state index contributed by atoms with van der Waals surface area (Å²) in [6, 6.07) is 12.9. The molecule has 0 radical (unpaired) electrons. The fraction of sp³-hybridized carbons (Fsp3) is 0.333. The van der Waals surface area contributed by atoms with Crippen LogP contribution in [0.25, 0.3) is 11.1 Å². The second-order valence-corrected chi connectivity index (χ2v) is 7.01. The van der Waals surface area contributed by atoms with Crippen LogP contribution in [0.5, 0.6) is 0 Å². The number of hydrogen-bond donors (Lipinski definition) is 1. The van der Waals surface area contributed by atoms with E-state index in [0.29, 0.717) is 6.54 Å². The number of benzene rings is 2. The topological polar surface area (TPSA) is 26.0 Å². The van der Waals surface area contributed by atoms with Crippen molar-refractivity contribution in [1.82, 2.24) is 0 Å². The predicted molar refractivity (Wildman–Crippen MR) is 86.5 cm³/mol. The second-order valence-electron chi connectivity index (χ2n) is 6.57. The van der Waals surface area contributed by atoms with Crippen molar-refractivity contribution in [3.05, 3.63) is 58.1 Å². The molecule has 1 unspecified atom stereocenters. The monoisotopic (exact) mass is 285 g/mol. The first-order chi connectivity index (χ1) is 9.41. The molecule has 3 rings (SSSR count). The van der Waals surface area contributed by atoms with Crippen LogP contribution < -0.4 is 5.73 Å². The Kier molecular flexibility index (Phi) is 3.15. The van der Waals surface area contributed by atoms with Crippen molar-refractivity contribution in [3.8, 4) is 11.1 Å². The van der Waals surface area contributed by atoms with E-state index < -0.39 is 0 Å². The fourth-order valence-corrected chi connectivity index (χ4v) is 3.23. The summed E-state index contributed by atoms with van der Waals surface area (Å²) in [5.74, 6) is 0.265. The van der Waals surface area contributed by atoms with Gasteiger partial charge >= 0.3 is 0 Å². The molecule has 0 aliphatic heterocycles. The first kappa shape index (κ1) is 13.7. The highest BCUT2D eigenvalue weighted by Crippen LogP contribution is 2.46. The highest BCUT2D eigenvalue weighted by Gasteiger charge is 2.29. The average molecular weight is 286 g/mol. The third-order valence-corrected chi connectivity index (χ3v) is 4.44. The maximum Gasteiger partial charge on any atom is 0.0409 e. The van der Waals surface area contributed by atoms with Gasteiger partial charge in [0.2, 0.25) is 0 Å². The molecule has 20 heavy (non-hydrogen) atoms. The molecule has 0 spiro atoms. The summed E-state index contributed by atoms with van der Waals surface area (Å²) in [6.07, 6.45) is 0. The standard InChI is InChI=1S/C18H20ClN/c1-18(2,3)11-4-6-13-14-7-5-12(19)9-16(14)17(10-20)15(13)8-11/h4-9,17H,10,20H2,1-3H3. The first-order valence-electron chi connectivity index (χ1n) is 7.06. The van der Waals surface area contributed by atoms with Gasteiger partial charge in [-0.2, -0.15) is 0 Å². The molecular formula is C18H20ClN. The largest absolute Gasteiger partial charge is 0.330 e. The van der Waals surface area contributed by atoms with Crippen molar-refractivity contribution in [1.29, 1.82) is 0 Å². The summed E-state index contributed by atoms with van der Waals surface area (Å²) in [6.45, 7) is 7.34. The molecule has 0 saturated heterocycles. The molecule has 0 fully saturated rings. The minimum atomic E-state index is 0.153. The number of fused-ring (bicyclic) bond motifs is 3. The Balaban J connectivity index is 2.21. The highest BCUT2D eigenvalue weighted by molar-refractivity contribution is 6.30. The molecule has 0 heterocycles. The number of halogens is 1. The van der Waals surface area contributed by atoms with Gasteiger partial charge in [-0.25, -0.2) is 0 Å². The van der Waals surface area contributed by atoms with Crippen LogP contribution in [0.15, 0.2) is 36.4 Å². The number of rotatable bonds is 1. The van der Waals surface area contributed by atoms with Gasteiger partial charge in [-0.05, 0) is 45.4 Å². The molecule has 2 aromatic rings.